The summed E-state index contributed by atoms with van der Waals surface area (Å²) in [6.45, 7) is 0.519. The van der Waals surface area contributed by atoms with Crippen molar-refractivity contribution in [1.29, 1.82) is 5.26 Å². The molecule has 3 amide bonds. The highest BCUT2D eigenvalue weighted by Gasteiger charge is 2.31. The van der Waals surface area contributed by atoms with Crippen LogP contribution in [0.2, 0.25) is 5.02 Å². The molecular formula is C20H19ClN4O3. The largest absolute Gasteiger partial charge is 0.479 e. The standard InChI is InChI=1S/C20H19ClN4O3/c21-16-4-1-2-6-18(16)25-12-3-5-17(19(25)26)24-20(27)23-14-7-9-15(10-8-14)28-13-11-22/h1-2,4,6-10,17H,3,5,12-13H2,(H2,23,24,27). The van der Waals surface area contributed by atoms with E-state index in [4.69, 9.17) is 21.6 Å². The van der Waals surface area contributed by atoms with Crippen LogP contribution in [0.4, 0.5) is 16.2 Å². The minimum atomic E-state index is -0.622. The zero-order valence-electron chi connectivity index (χ0n) is 15.0. The molecule has 7 nitrogen and oxygen atoms in total. The van der Waals surface area contributed by atoms with Crippen LogP contribution in [0.1, 0.15) is 12.8 Å². The monoisotopic (exact) mass is 398 g/mol. The number of para-hydroxylation sites is 1. The first-order valence-corrected chi connectivity index (χ1v) is 9.19. The molecule has 0 bridgehead atoms. The van der Waals surface area contributed by atoms with Crippen LogP contribution in [0, 0.1) is 11.3 Å². The quantitative estimate of drug-likeness (QED) is 0.805. The highest BCUT2D eigenvalue weighted by atomic mass is 35.5. The van der Waals surface area contributed by atoms with Gasteiger partial charge < -0.3 is 20.3 Å². The Morgan fingerprint density at radius 3 is 2.71 bits per heavy atom. The molecule has 2 aromatic rings. The molecule has 0 saturated carbocycles. The van der Waals surface area contributed by atoms with E-state index in [1.165, 1.54) is 0 Å². The van der Waals surface area contributed by atoms with Crippen molar-refractivity contribution in [1.82, 2.24) is 5.32 Å². The van der Waals surface area contributed by atoms with E-state index in [0.717, 1.165) is 6.42 Å². The van der Waals surface area contributed by atoms with Gasteiger partial charge in [-0.05, 0) is 49.2 Å². The van der Waals surface area contributed by atoms with Crippen molar-refractivity contribution >= 4 is 34.9 Å². The average Bonchev–Trinajstić information content (AvgIpc) is 2.70. The summed E-state index contributed by atoms with van der Waals surface area (Å²) in [6.07, 6.45) is 1.32. The molecular weight excluding hydrogens is 380 g/mol. The highest BCUT2D eigenvalue weighted by Crippen LogP contribution is 2.28. The van der Waals surface area contributed by atoms with Crippen LogP contribution < -0.4 is 20.3 Å². The van der Waals surface area contributed by atoms with Gasteiger partial charge in [0.25, 0.3) is 0 Å². The lowest BCUT2D eigenvalue weighted by atomic mass is 10.0. The van der Waals surface area contributed by atoms with Gasteiger partial charge in [-0.3, -0.25) is 4.79 Å². The molecule has 28 heavy (non-hydrogen) atoms. The number of urea groups is 1. The number of benzene rings is 2. The number of nitrogens with zero attached hydrogens (tertiary/aromatic N) is 2. The van der Waals surface area contributed by atoms with Crippen LogP contribution in [0.25, 0.3) is 0 Å². The van der Waals surface area contributed by atoms with E-state index < -0.39 is 12.1 Å². The molecule has 0 radical (unpaired) electrons. The lowest BCUT2D eigenvalue weighted by Crippen LogP contribution is -2.53. The van der Waals surface area contributed by atoms with Gasteiger partial charge >= 0.3 is 6.03 Å². The SMILES string of the molecule is N#CCOc1ccc(NC(=O)NC2CCCN(c3ccccc3Cl)C2=O)cc1. The normalized spacial score (nSPS) is 16.2. The summed E-state index contributed by atoms with van der Waals surface area (Å²) < 4.78 is 5.16. The number of piperidine rings is 1. The van der Waals surface area contributed by atoms with Crippen LogP contribution in [0.3, 0.4) is 0 Å². The molecule has 1 unspecified atom stereocenters. The molecule has 1 heterocycles. The minimum Gasteiger partial charge on any atom is -0.479 e. The maximum atomic E-state index is 12.8. The first-order chi connectivity index (χ1) is 13.6. The molecule has 0 aromatic heterocycles. The molecule has 0 aliphatic carbocycles. The second kappa shape index (κ2) is 9.11. The van der Waals surface area contributed by atoms with Crippen LogP contribution >= 0.6 is 11.6 Å². The summed E-state index contributed by atoms with van der Waals surface area (Å²) in [7, 11) is 0. The van der Waals surface area contributed by atoms with Crippen molar-refractivity contribution in [3.63, 3.8) is 0 Å². The number of halogens is 1. The third kappa shape index (κ3) is 4.72. The van der Waals surface area contributed by atoms with Crippen LogP contribution in [-0.2, 0) is 4.79 Å². The first-order valence-electron chi connectivity index (χ1n) is 8.81. The van der Waals surface area contributed by atoms with Gasteiger partial charge in [-0.25, -0.2) is 4.79 Å². The fourth-order valence-corrected chi connectivity index (χ4v) is 3.23. The van der Waals surface area contributed by atoms with Gasteiger partial charge in [0, 0.05) is 12.2 Å². The Bertz CT molecular complexity index is 895. The molecule has 1 atom stereocenters. The predicted octanol–water partition coefficient (Wildman–Crippen LogP) is 3.56. The number of hydrogen-bond acceptors (Lipinski definition) is 4. The number of ether oxygens (including phenoxy) is 1. The fourth-order valence-electron chi connectivity index (χ4n) is 2.99. The number of rotatable bonds is 5. The molecule has 1 fully saturated rings. The topological polar surface area (TPSA) is 94.5 Å². The number of nitrogens with one attached hydrogen (secondary N) is 2. The number of anilines is 2. The van der Waals surface area contributed by atoms with Crippen molar-refractivity contribution in [2.24, 2.45) is 0 Å². The van der Waals surface area contributed by atoms with Crippen molar-refractivity contribution in [2.75, 3.05) is 23.4 Å². The second-order valence-electron chi connectivity index (χ2n) is 6.21. The Hall–Kier alpha value is -3.24. The Morgan fingerprint density at radius 2 is 2.00 bits per heavy atom. The Morgan fingerprint density at radius 1 is 1.25 bits per heavy atom. The van der Waals surface area contributed by atoms with E-state index in [0.29, 0.717) is 35.1 Å². The molecule has 3 rings (SSSR count). The first kappa shape index (κ1) is 19.5. The Labute approximate surface area is 167 Å². The smallest absolute Gasteiger partial charge is 0.319 e. The van der Waals surface area contributed by atoms with Crippen molar-refractivity contribution < 1.29 is 14.3 Å². The summed E-state index contributed by atoms with van der Waals surface area (Å²) in [5, 5.41) is 14.4. The van der Waals surface area contributed by atoms with Crippen LogP contribution in [-0.4, -0.2) is 31.1 Å². The van der Waals surface area contributed by atoms with E-state index in [2.05, 4.69) is 10.6 Å². The third-order valence-corrected chi connectivity index (χ3v) is 4.62. The van der Waals surface area contributed by atoms with Gasteiger partial charge in [0.05, 0.1) is 10.7 Å². The van der Waals surface area contributed by atoms with Gasteiger partial charge in [0.1, 0.15) is 17.9 Å². The van der Waals surface area contributed by atoms with Gasteiger partial charge in [0.15, 0.2) is 6.61 Å². The lowest BCUT2D eigenvalue weighted by Gasteiger charge is -2.33. The summed E-state index contributed by atoms with van der Waals surface area (Å²) in [5.74, 6) is 0.347. The predicted molar refractivity (Wildman–Crippen MR) is 107 cm³/mol. The average molecular weight is 399 g/mol. The number of amides is 3. The minimum absolute atomic E-state index is 0.0427. The zero-order chi connectivity index (χ0) is 19.9. The molecule has 8 heteroatoms. The number of hydrogen-bond donors (Lipinski definition) is 2. The second-order valence-corrected chi connectivity index (χ2v) is 6.61. The Balaban J connectivity index is 1.60. The van der Waals surface area contributed by atoms with E-state index in [1.54, 1.807) is 47.4 Å². The lowest BCUT2D eigenvalue weighted by molar-refractivity contribution is -0.121. The fraction of sp³-hybridized carbons (Fsp3) is 0.250. The molecule has 144 valence electrons. The summed E-state index contributed by atoms with van der Waals surface area (Å²) in [6, 6.07) is 14.6. The van der Waals surface area contributed by atoms with Crippen LogP contribution in [0.15, 0.2) is 48.5 Å². The van der Waals surface area contributed by atoms with Crippen molar-refractivity contribution in [3.8, 4) is 11.8 Å². The van der Waals surface area contributed by atoms with Gasteiger partial charge in [-0.1, -0.05) is 23.7 Å². The molecule has 1 saturated heterocycles. The zero-order valence-corrected chi connectivity index (χ0v) is 15.8. The molecule has 2 aromatic carbocycles. The maximum Gasteiger partial charge on any atom is 0.319 e. The number of nitriles is 1. The maximum absolute atomic E-state index is 12.8. The van der Waals surface area contributed by atoms with Gasteiger partial charge in [-0.2, -0.15) is 5.26 Å². The van der Waals surface area contributed by atoms with Gasteiger partial charge in [-0.15, -0.1) is 0 Å². The third-order valence-electron chi connectivity index (χ3n) is 4.30. The van der Waals surface area contributed by atoms with Crippen molar-refractivity contribution in [3.05, 3.63) is 53.6 Å². The molecule has 1 aliphatic rings. The summed E-state index contributed by atoms with van der Waals surface area (Å²) >= 11 is 6.21. The Kier molecular flexibility index (Phi) is 6.35. The van der Waals surface area contributed by atoms with E-state index in [9.17, 15) is 9.59 Å². The summed E-state index contributed by atoms with van der Waals surface area (Å²) in [4.78, 5) is 26.7. The highest BCUT2D eigenvalue weighted by molar-refractivity contribution is 6.33. The van der Waals surface area contributed by atoms with E-state index >= 15 is 0 Å². The van der Waals surface area contributed by atoms with E-state index in [1.807, 2.05) is 12.1 Å². The van der Waals surface area contributed by atoms with Crippen molar-refractivity contribution in [2.45, 2.75) is 18.9 Å². The van der Waals surface area contributed by atoms with E-state index in [-0.39, 0.29) is 12.5 Å². The molecule has 2 N–H and O–H groups in total. The molecule has 1 aliphatic heterocycles. The number of carbonyl (C=O) groups excluding carboxylic acids is 2. The molecule has 0 spiro atoms. The number of carbonyl (C=O) groups is 2. The van der Waals surface area contributed by atoms with Crippen LogP contribution in [0.5, 0.6) is 5.75 Å². The van der Waals surface area contributed by atoms with Gasteiger partial charge in [0.2, 0.25) is 5.91 Å². The summed E-state index contributed by atoms with van der Waals surface area (Å²) in [5.41, 5.74) is 1.20.